The van der Waals surface area contributed by atoms with E-state index in [0.29, 0.717) is 11.1 Å². The van der Waals surface area contributed by atoms with Crippen LogP contribution >= 0.6 is 0 Å². The van der Waals surface area contributed by atoms with Crippen LogP contribution in [0.3, 0.4) is 0 Å². The Labute approximate surface area is 173 Å². The molecule has 1 fully saturated rings. The number of carbonyl (C=O) groups is 3. The van der Waals surface area contributed by atoms with Gasteiger partial charge in [-0.3, -0.25) is 19.7 Å². The van der Waals surface area contributed by atoms with E-state index in [0.717, 1.165) is 12.3 Å². The van der Waals surface area contributed by atoms with Crippen LogP contribution in [0.1, 0.15) is 28.1 Å². The Kier molecular flexibility index (Phi) is 4.07. The molecule has 3 amide bonds. The molecule has 1 atom stereocenters. The lowest BCUT2D eigenvalue weighted by molar-refractivity contribution is -0.126. The van der Waals surface area contributed by atoms with E-state index in [9.17, 15) is 23.2 Å². The zero-order chi connectivity index (χ0) is 21.9. The summed E-state index contributed by atoms with van der Waals surface area (Å²) in [6.07, 6.45) is 0.727. The number of hydrogen-bond donors (Lipinski definition) is 1. The standard InChI is InChI=1S/C21H15F2N3O5/c1-30-13-3-2-10-8-26(19(28)17(10)18(13)23)9-21(6-16(27)25-20(21)29)15-5-12-14(31-15)4-11(22)7-24-12/h2-5,7H,6,8-9H2,1H3,(H,25,27,29)/t21-/m1/s1. The Bertz CT molecular complexity index is 1290. The number of nitrogens with one attached hydrogen (secondary N) is 1. The smallest absolute Gasteiger partial charge is 0.257 e. The van der Waals surface area contributed by atoms with Crippen LogP contribution in [0.4, 0.5) is 8.78 Å². The van der Waals surface area contributed by atoms with Gasteiger partial charge in [0.1, 0.15) is 22.5 Å². The molecule has 0 aliphatic carbocycles. The van der Waals surface area contributed by atoms with Crippen LogP contribution in [0, 0.1) is 11.6 Å². The zero-order valence-electron chi connectivity index (χ0n) is 16.2. The van der Waals surface area contributed by atoms with Gasteiger partial charge in [-0.15, -0.1) is 0 Å². The lowest BCUT2D eigenvalue weighted by Crippen LogP contribution is -2.46. The van der Waals surface area contributed by atoms with Gasteiger partial charge >= 0.3 is 0 Å². The fourth-order valence-corrected chi connectivity index (χ4v) is 4.19. The Morgan fingerprint density at radius 2 is 2.06 bits per heavy atom. The molecular formula is C21H15F2N3O5. The fourth-order valence-electron chi connectivity index (χ4n) is 4.19. The summed E-state index contributed by atoms with van der Waals surface area (Å²) in [7, 11) is 1.30. The summed E-state index contributed by atoms with van der Waals surface area (Å²) in [5, 5.41) is 2.24. The van der Waals surface area contributed by atoms with Crippen LogP contribution < -0.4 is 10.1 Å². The van der Waals surface area contributed by atoms with E-state index in [2.05, 4.69) is 10.3 Å². The number of hydrogen-bond acceptors (Lipinski definition) is 6. The third kappa shape index (κ3) is 2.78. The van der Waals surface area contributed by atoms with Gasteiger partial charge < -0.3 is 14.1 Å². The topological polar surface area (TPSA) is 102 Å². The van der Waals surface area contributed by atoms with E-state index in [4.69, 9.17) is 9.15 Å². The van der Waals surface area contributed by atoms with Crippen molar-refractivity contribution >= 4 is 28.8 Å². The van der Waals surface area contributed by atoms with Gasteiger partial charge in [0.25, 0.3) is 5.91 Å². The summed E-state index contributed by atoms with van der Waals surface area (Å²) in [6, 6.07) is 5.57. The van der Waals surface area contributed by atoms with Crippen LogP contribution in [0.2, 0.25) is 0 Å². The van der Waals surface area contributed by atoms with Crippen molar-refractivity contribution in [3.8, 4) is 5.75 Å². The third-order valence-electron chi connectivity index (χ3n) is 5.69. The maximum Gasteiger partial charge on any atom is 0.257 e. The first-order valence-corrected chi connectivity index (χ1v) is 9.37. The van der Waals surface area contributed by atoms with Crippen molar-refractivity contribution in [1.29, 1.82) is 0 Å². The average molecular weight is 427 g/mol. The minimum absolute atomic E-state index is 0.0470. The highest BCUT2D eigenvalue weighted by Gasteiger charge is 2.53. The SMILES string of the molecule is COc1ccc2c(c1F)C(=O)N(C[C@@]1(c3cc4ncc(F)cc4o3)CC(=O)NC1=O)C2. The second-order valence-electron chi connectivity index (χ2n) is 7.56. The van der Waals surface area contributed by atoms with Crippen molar-refractivity contribution in [3.05, 3.63) is 59.0 Å². The van der Waals surface area contributed by atoms with E-state index >= 15 is 0 Å². The van der Waals surface area contributed by atoms with Crippen molar-refractivity contribution in [1.82, 2.24) is 15.2 Å². The number of furan rings is 1. The monoisotopic (exact) mass is 427 g/mol. The molecule has 4 heterocycles. The number of pyridine rings is 1. The quantitative estimate of drug-likeness (QED) is 0.640. The molecule has 1 aromatic carbocycles. The number of halogens is 2. The molecule has 2 aromatic heterocycles. The Morgan fingerprint density at radius 1 is 1.26 bits per heavy atom. The predicted octanol–water partition coefficient (Wildman–Crippen LogP) is 2.05. The lowest BCUT2D eigenvalue weighted by atomic mass is 9.82. The van der Waals surface area contributed by atoms with Crippen LogP contribution in [0.15, 0.2) is 34.9 Å². The maximum absolute atomic E-state index is 14.7. The molecule has 3 aromatic rings. The number of rotatable bonds is 4. The predicted molar refractivity (Wildman–Crippen MR) is 101 cm³/mol. The van der Waals surface area contributed by atoms with Crippen molar-refractivity contribution in [3.63, 3.8) is 0 Å². The number of carbonyl (C=O) groups excluding carboxylic acids is 3. The molecule has 2 aliphatic rings. The number of aromatic nitrogens is 1. The summed E-state index contributed by atoms with van der Waals surface area (Å²) in [5.74, 6) is -3.21. The number of imide groups is 1. The van der Waals surface area contributed by atoms with Gasteiger partial charge in [0, 0.05) is 25.2 Å². The van der Waals surface area contributed by atoms with Crippen LogP contribution in [-0.4, -0.2) is 41.3 Å². The van der Waals surface area contributed by atoms with E-state index in [1.54, 1.807) is 6.07 Å². The van der Waals surface area contributed by atoms with Gasteiger partial charge in [-0.1, -0.05) is 6.07 Å². The summed E-state index contributed by atoms with van der Waals surface area (Å²) in [5.41, 5.74) is -0.834. The zero-order valence-corrected chi connectivity index (χ0v) is 16.2. The molecule has 31 heavy (non-hydrogen) atoms. The van der Waals surface area contributed by atoms with Gasteiger partial charge in [0.2, 0.25) is 11.8 Å². The molecule has 0 bridgehead atoms. The molecule has 2 aliphatic heterocycles. The summed E-state index contributed by atoms with van der Waals surface area (Å²) in [6.45, 7) is -0.187. The highest BCUT2D eigenvalue weighted by atomic mass is 19.1. The molecule has 0 saturated carbocycles. The first-order valence-electron chi connectivity index (χ1n) is 9.37. The highest BCUT2D eigenvalue weighted by molar-refractivity contribution is 6.10. The molecule has 1 N–H and O–H groups in total. The molecule has 1 saturated heterocycles. The maximum atomic E-state index is 14.7. The fraction of sp³-hybridized carbons (Fsp3) is 0.238. The minimum atomic E-state index is -1.55. The average Bonchev–Trinajstić information content (AvgIpc) is 3.37. The third-order valence-corrected chi connectivity index (χ3v) is 5.69. The first kappa shape index (κ1) is 19.2. The summed E-state index contributed by atoms with van der Waals surface area (Å²) in [4.78, 5) is 43.1. The first-order chi connectivity index (χ1) is 14.8. The number of ether oxygens (including phenoxy) is 1. The summed E-state index contributed by atoms with van der Waals surface area (Å²) < 4.78 is 38.8. The van der Waals surface area contributed by atoms with Crippen LogP contribution in [0.25, 0.3) is 11.1 Å². The van der Waals surface area contributed by atoms with Crippen molar-refractivity contribution in [2.24, 2.45) is 0 Å². The minimum Gasteiger partial charge on any atom is -0.494 e. The molecule has 158 valence electrons. The number of fused-ring (bicyclic) bond motifs is 2. The number of nitrogens with zero attached hydrogens (tertiary/aromatic N) is 2. The van der Waals surface area contributed by atoms with Gasteiger partial charge in [0.15, 0.2) is 17.1 Å². The summed E-state index contributed by atoms with van der Waals surface area (Å²) >= 11 is 0. The molecule has 0 unspecified atom stereocenters. The molecule has 8 nitrogen and oxygen atoms in total. The van der Waals surface area contributed by atoms with Gasteiger partial charge in [0.05, 0.1) is 25.3 Å². The Hall–Kier alpha value is -3.82. The second-order valence-corrected chi connectivity index (χ2v) is 7.56. The normalized spacial score (nSPS) is 20.5. The Morgan fingerprint density at radius 3 is 2.77 bits per heavy atom. The highest BCUT2D eigenvalue weighted by Crippen LogP contribution is 2.39. The Balaban J connectivity index is 1.56. The molecule has 10 heteroatoms. The van der Waals surface area contributed by atoms with E-state index in [1.807, 2.05) is 0 Å². The van der Waals surface area contributed by atoms with E-state index in [1.165, 1.54) is 24.1 Å². The number of amides is 3. The largest absolute Gasteiger partial charge is 0.494 e. The van der Waals surface area contributed by atoms with Gasteiger partial charge in [-0.2, -0.15) is 0 Å². The molecule has 5 rings (SSSR count). The van der Waals surface area contributed by atoms with E-state index in [-0.39, 0.29) is 42.2 Å². The van der Waals surface area contributed by atoms with Gasteiger partial charge in [-0.25, -0.2) is 13.8 Å². The molecular weight excluding hydrogens is 412 g/mol. The second kappa shape index (κ2) is 6.59. The molecule has 0 spiro atoms. The van der Waals surface area contributed by atoms with Crippen molar-refractivity contribution < 1.29 is 32.3 Å². The van der Waals surface area contributed by atoms with Gasteiger partial charge in [-0.05, 0) is 11.6 Å². The number of benzene rings is 1. The number of methoxy groups -OCH3 is 1. The van der Waals surface area contributed by atoms with Crippen LogP contribution in [0.5, 0.6) is 5.75 Å². The lowest BCUT2D eigenvalue weighted by Gasteiger charge is -2.28. The van der Waals surface area contributed by atoms with Crippen molar-refractivity contribution in [2.75, 3.05) is 13.7 Å². The molecule has 0 radical (unpaired) electrons. The van der Waals surface area contributed by atoms with Crippen molar-refractivity contribution in [2.45, 2.75) is 18.4 Å². The van der Waals surface area contributed by atoms with Crippen LogP contribution in [-0.2, 0) is 21.5 Å². The van der Waals surface area contributed by atoms with E-state index < -0.39 is 34.8 Å².